The molecule has 1 fully saturated rings. The molecule has 1 N–H and O–H groups in total. The van der Waals surface area contributed by atoms with E-state index in [0.29, 0.717) is 18.4 Å². The molecule has 1 saturated carbocycles. The van der Waals surface area contributed by atoms with Crippen molar-refractivity contribution in [3.63, 3.8) is 0 Å². The molecule has 0 saturated heterocycles. The quantitative estimate of drug-likeness (QED) is 0.441. The van der Waals surface area contributed by atoms with Crippen molar-refractivity contribution in [2.45, 2.75) is 50.2 Å². The Kier molecular flexibility index (Phi) is 5.78. The summed E-state index contributed by atoms with van der Waals surface area (Å²) >= 11 is 0. The summed E-state index contributed by atoms with van der Waals surface area (Å²) in [6.07, 6.45) is 7.92. The Bertz CT molecular complexity index is 1340. The molecular formula is C28H29N3O4. The number of aromatic nitrogens is 3. The highest BCUT2D eigenvalue weighted by molar-refractivity contribution is 5.66. The third kappa shape index (κ3) is 4.21. The van der Waals surface area contributed by atoms with E-state index in [1.165, 1.54) is 0 Å². The van der Waals surface area contributed by atoms with Crippen LogP contribution in [0.1, 0.15) is 49.3 Å². The van der Waals surface area contributed by atoms with Crippen LogP contribution in [0.15, 0.2) is 60.9 Å². The van der Waals surface area contributed by atoms with Crippen LogP contribution in [-0.2, 0) is 0 Å². The van der Waals surface area contributed by atoms with Gasteiger partial charge in [0.05, 0.1) is 25.5 Å². The molecule has 1 atom stereocenters. The first kappa shape index (κ1) is 21.9. The molecule has 7 nitrogen and oxygen atoms in total. The SMILES string of the molecule is COc1ccccc1C1CCOc2nc3ccc(-c4ccnc(O[C@H]5CC[C@H](O)CC5)c4)cn3c21. The van der Waals surface area contributed by atoms with Gasteiger partial charge in [-0.3, -0.25) is 4.40 Å². The highest BCUT2D eigenvalue weighted by Gasteiger charge is 2.30. The predicted octanol–water partition coefficient (Wildman–Crippen LogP) is 5.00. The summed E-state index contributed by atoms with van der Waals surface area (Å²) in [5.74, 6) is 2.30. The van der Waals surface area contributed by atoms with Crippen molar-refractivity contribution < 1.29 is 19.3 Å². The summed E-state index contributed by atoms with van der Waals surface area (Å²) in [6.45, 7) is 0.621. The molecule has 1 aliphatic heterocycles. The number of para-hydroxylation sites is 1. The van der Waals surface area contributed by atoms with Crippen molar-refractivity contribution in [2.24, 2.45) is 0 Å². The van der Waals surface area contributed by atoms with E-state index in [9.17, 15) is 5.11 Å². The van der Waals surface area contributed by atoms with Crippen LogP contribution in [0.5, 0.6) is 17.5 Å². The molecule has 4 aromatic rings. The molecule has 35 heavy (non-hydrogen) atoms. The van der Waals surface area contributed by atoms with Gasteiger partial charge >= 0.3 is 0 Å². The summed E-state index contributed by atoms with van der Waals surface area (Å²) < 4.78 is 19.9. The molecular weight excluding hydrogens is 442 g/mol. The molecule has 3 aromatic heterocycles. The van der Waals surface area contributed by atoms with Crippen molar-refractivity contribution in [3.05, 3.63) is 72.2 Å². The monoisotopic (exact) mass is 471 g/mol. The molecule has 180 valence electrons. The van der Waals surface area contributed by atoms with Crippen molar-refractivity contribution >= 4 is 5.65 Å². The number of nitrogens with zero attached hydrogens (tertiary/aromatic N) is 3. The van der Waals surface area contributed by atoms with E-state index in [1.807, 2.05) is 36.4 Å². The smallest absolute Gasteiger partial charge is 0.236 e. The van der Waals surface area contributed by atoms with E-state index in [4.69, 9.17) is 19.2 Å². The third-order valence-corrected chi connectivity index (χ3v) is 7.11. The van der Waals surface area contributed by atoms with Gasteiger partial charge in [0.25, 0.3) is 0 Å². The fraction of sp³-hybridized carbons (Fsp3) is 0.357. The first-order chi connectivity index (χ1) is 17.2. The molecule has 6 rings (SSSR count). The minimum absolute atomic E-state index is 0.100. The fourth-order valence-electron chi connectivity index (χ4n) is 5.29. The zero-order chi connectivity index (χ0) is 23.8. The second kappa shape index (κ2) is 9.23. The van der Waals surface area contributed by atoms with Gasteiger partial charge in [0.2, 0.25) is 11.8 Å². The average Bonchev–Trinajstić information content (AvgIpc) is 3.28. The van der Waals surface area contributed by atoms with Gasteiger partial charge in [0.1, 0.15) is 17.5 Å². The van der Waals surface area contributed by atoms with Crippen molar-refractivity contribution in [1.29, 1.82) is 0 Å². The maximum Gasteiger partial charge on any atom is 0.236 e. The highest BCUT2D eigenvalue weighted by Crippen LogP contribution is 2.42. The van der Waals surface area contributed by atoms with E-state index in [0.717, 1.165) is 65.9 Å². The maximum absolute atomic E-state index is 9.77. The number of ether oxygens (including phenoxy) is 3. The number of methoxy groups -OCH3 is 1. The molecule has 1 aromatic carbocycles. The Morgan fingerprint density at radius 3 is 2.71 bits per heavy atom. The number of aliphatic hydroxyl groups excluding tert-OH is 1. The van der Waals surface area contributed by atoms with Crippen LogP contribution < -0.4 is 14.2 Å². The Labute approximate surface area is 204 Å². The van der Waals surface area contributed by atoms with Gasteiger partial charge in [-0.25, -0.2) is 4.98 Å². The molecule has 4 heterocycles. The Balaban J connectivity index is 1.36. The summed E-state index contributed by atoms with van der Waals surface area (Å²) in [4.78, 5) is 9.20. The van der Waals surface area contributed by atoms with Crippen molar-refractivity contribution in [1.82, 2.24) is 14.4 Å². The van der Waals surface area contributed by atoms with Gasteiger partial charge in [-0.1, -0.05) is 18.2 Å². The number of benzene rings is 1. The maximum atomic E-state index is 9.77. The van der Waals surface area contributed by atoms with Gasteiger partial charge in [-0.15, -0.1) is 0 Å². The summed E-state index contributed by atoms with van der Waals surface area (Å²) in [5, 5.41) is 9.77. The Hall–Kier alpha value is -3.58. The lowest BCUT2D eigenvalue weighted by Gasteiger charge is -2.25. The minimum atomic E-state index is -0.203. The first-order valence-electron chi connectivity index (χ1n) is 12.3. The molecule has 0 amide bonds. The number of rotatable bonds is 5. The Morgan fingerprint density at radius 1 is 1.00 bits per heavy atom. The number of fused-ring (bicyclic) bond motifs is 3. The molecule has 1 aliphatic carbocycles. The molecule has 2 aliphatic rings. The van der Waals surface area contributed by atoms with E-state index < -0.39 is 0 Å². The normalized spacial score (nSPS) is 21.8. The van der Waals surface area contributed by atoms with Crippen molar-refractivity contribution in [3.8, 4) is 28.6 Å². The lowest BCUT2D eigenvalue weighted by molar-refractivity contribution is 0.0644. The topological polar surface area (TPSA) is 78.1 Å². The summed E-state index contributed by atoms with van der Waals surface area (Å²) in [7, 11) is 1.71. The standard InChI is InChI=1S/C28H29N3O4/c1-33-24-5-3-2-4-22(24)23-13-15-34-28-27(23)31-17-19(6-11-25(31)30-28)18-12-14-29-26(16-18)35-21-9-7-20(32)8-10-21/h2-6,11-12,14,16-17,20-21,23,32H,7-10,13,15H2,1H3/t20-,21-,23?. The van der Waals surface area contributed by atoms with Gasteiger partial charge in [-0.05, 0) is 67.5 Å². The van der Waals surface area contributed by atoms with Gasteiger partial charge in [-0.2, -0.15) is 4.98 Å². The van der Waals surface area contributed by atoms with Gasteiger partial charge in [0, 0.05) is 29.9 Å². The molecule has 1 unspecified atom stereocenters. The van der Waals surface area contributed by atoms with Crippen LogP contribution in [0.4, 0.5) is 0 Å². The van der Waals surface area contributed by atoms with E-state index in [-0.39, 0.29) is 18.1 Å². The van der Waals surface area contributed by atoms with Crippen LogP contribution in [0.25, 0.3) is 16.8 Å². The highest BCUT2D eigenvalue weighted by atomic mass is 16.5. The predicted molar refractivity (Wildman–Crippen MR) is 132 cm³/mol. The number of pyridine rings is 2. The van der Waals surface area contributed by atoms with E-state index >= 15 is 0 Å². The lowest BCUT2D eigenvalue weighted by Crippen LogP contribution is -2.26. The lowest BCUT2D eigenvalue weighted by atomic mass is 9.90. The zero-order valence-corrected chi connectivity index (χ0v) is 19.8. The Morgan fingerprint density at radius 2 is 1.86 bits per heavy atom. The van der Waals surface area contributed by atoms with E-state index in [1.54, 1.807) is 13.3 Å². The average molecular weight is 472 g/mol. The molecule has 0 bridgehead atoms. The van der Waals surface area contributed by atoms with E-state index in [2.05, 4.69) is 27.7 Å². The number of hydrogen-bond acceptors (Lipinski definition) is 6. The molecule has 0 radical (unpaired) electrons. The molecule has 7 heteroatoms. The summed E-state index contributed by atoms with van der Waals surface area (Å²) in [5.41, 5.74) is 5.12. The zero-order valence-electron chi connectivity index (χ0n) is 19.8. The summed E-state index contributed by atoms with van der Waals surface area (Å²) in [6, 6.07) is 16.3. The van der Waals surface area contributed by atoms with Crippen LogP contribution in [0.3, 0.4) is 0 Å². The molecule has 0 spiro atoms. The second-order valence-electron chi connectivity index (χ2n) is 9.31. The van der Waals surface area contributed by atoms with Crippen LogP contribution in [0.2, 0.25) is 0 Å². The van der Waals surface area contributed by atoms with Crippen LogP contribution in [0, 0.1) is 0 Å². The fourth-order valence-corrected chi connectivity index (χ4v) is 5.29. The largest absolute Gasteiger partial charge is 0.496 e. The second-order valence-corrected chi connectivity index (χ2v) is 9.31. The third-order valence-electron chi connectivity index (χ3n) is 7.11. The first-order valence-corrected chi connectivity index (χ1v) is 12.3. The number of hydrogen-bond donors (Lipinski definition) is 1. The number of aliphatic hydroxyl groups is 1. The van der Waals surface area contributed by atoms with Crippen molar-refractivity contribution in [2.75, 3.05) is 13.7 Å². The van der Waals surface area contributed by atoms with Gasteiger partial charge < -0.3 is 19.3 Å². The van der Waals surface area contributed by atoms with Crippen LogP contribution in [-0.4, -0.2) is 45.4 Å². The van der Waals surface area contributed by atoms with Crippen LogP contribution >= 0.6 is 0 Å². The van der Waals surface area contributed by atoms with Gasteiger partial charge in [0.15, 0.2) is 0 Å². The minimum Gasteiger partial charge on any atom is -0.496 e. The number of imidazole rings is 1.